The third-order valence-electron chi connectivity index (χ3n) is 5.60. The molecule has 2 rings (SSSR count). The number of nitrogens with one attached hydrogen (secondary N) is 1. The van der Waals surface area contributed by atoms with Gasteiger partial charge in [0.15, 0.2) is 6.29 Å². The van der Waals surface area contributed by atoms with Crippen molar-refractivity contribution in [1.29, 1.82) is 0 Å². The third-order valence-corrected chi connectivity index (χ3v) is 5.60. The molecule has 1 heterocycles. The predicted octanol–water partition coefficient (Wildman–Crippen LogP) is 3.68. The molecule has 38 heavy (non-hydrogen) atoms. The van der Waals surface area contributed by atoms with Crippen LogP contribution in [0.2, 0.25) is 0 Å². The first-order valence-electron chi connectivity index (χ1n) is 13.9. The Morgan fingerprint density at radius 1 is 0.789 bits per heavy atom. The van der Waals surface area contributed by atoms with Crippen LogP contribution in [0.25, 0.3) is 0 Å². The van der Waals surface area contributed by atoms with Gasteiger partial charge in [-0.1, -0.05) is 13.3 Å². The second kappa shape index (κ2) is 23.1. The summed E-state index contributed by atoms with van der Waals surface area (Å²) in [6.07, 6.45) is 5.44. The number of rotatable bonds is 24. The minimum absolute atomic E-state index is 0.0683. The second-order valence-corrected chi connectivity index (χ2v) is 8.72. The Morgan fingerprint density at radius 2 is 1.34 bits per heavy atom. The molecule has 1 aliphatic heterocycles. The van der Waals surface area contributed by atoms with Crippen LogP contribution >= 0.6 is 0 Å². The number of benzene rings is 1. The van der Waals surface area contributed by atoms with Crippen LogP contribution in [-0.2, 0) is 37.9 Å². The highest BCUT2D eigenvalue weighted by atomic mass is 16.7. The van der Waals surface area contributed by atoms with Crippen LogP contribution in [0.3, 0.4) is 0 Å². The second-order valence-electron chi connectivity index (χ2n) is 8.72. The van der Waals surface area contributed by atoms with E-state index in [0.29, 0.717) is 78.2 Å². The van der Waals surface area contributed by atoms with E-state index < -0.39 is 0 Å². The Hall–Kier alpha value is -1.79. The Labute approximate surface area is 227 Å². The number of unbranched alkanes of at least 4 members (excludes halogenated alkanes) is 1. The summed E-state index contributed by atoms with van der Waals surface area (Å²) >= 11 is 0. The lowest BCUT2D eigenvalue weighted by atomic mass is 10.2. The first-order valence-corrected chi connectivity index (χ1v) is 13.9. The summed E-state index contributed by atoms with van der Waals surface area (Å²) in [5, 5.41) is 3.32. The Bertz CT molecular complexity index is 683. The molecule has 1 saturated heterocycles. The van der Waals surface area contributed by atoms with Crippen molar-refractivity contribution in [3.63, 3.8) is 0 Å². The van der Waals surface area contributed by atoms with E-state index in [-0.39, 0.29) is 18.9 Å². The minimum atomic E-state index is -0.353. The van der Waals surface area contributed by atoms with Gasteiger partial charge in [0.2, 0.25) is 0 Å². The van der Waals surface area contributed by atoms with Gasteiger partial charge >= 0.3 is 5.97 Å². The number of anilines is 1. The molecule has 1 aromatic carbocycles. The number of hydrogen-bond acceptors (Lipinski definition) is 10. The van der Waals surface area contributed by atoms with Crippen molar-refractivity contribution in [2.24, 2.45) is 0 Å². The van der Waals surface area contributed by atoms with Gasteiger partial charge in [0, 0.05) is 18.8 Å². The number of carbonyl (C=O) groups excluding carboxylic acids is 1. The molecule has 1 N–H and O–H groups in total. The lowest BCUT2D eigenvalue weighted by Crippen LogP contribution is -2.24. The molecule has 0 aromatic heterocycles. The molecule has 0 bridgehead atoms. The zero-order chi connectivity index (χ0) is 26.9. The van der Waals surface area contributed by atoms with Gasteiger partial charge in [0.1, 0.15) is 6.61 Å². The SMILES string of the molecule is CCCCNc1ccc(C(=O)OCCOCCOCCOCCOCCOCCOC2CCCCO2)cc1. The fourth-order valence-corrected chi connectivity index (χ4v) is 3.47. The molecule has 10 nitrogen and oxygen atoms in total. The molecule has 0 amide bonds. The van der Waals surface area contributed by atoms with Crippen molar-refractivity contribution in [3.05, 3.63) is 29.8 Å². The third kappa shape index (κ3) is 16.9. The van der Waals surface area contributed by atoms with Crippen molar-refractivity contribution in [3.8, 4) is 0 Å². The highest BCUT2D eigenvalue weighted by molar-refractivity contribution is 5.89. The van der Waals surface area contributed by atoms with Crippen LogP contribution < -0.4 is 5.32 Å². The Morgan fingerprint density at radius 3 is 1.87 bits per heavy atom. The standard InChI is InChI=1S/C28H47NO9/c1-2-3-11-29-26-9-7-25(8-10-26)28(30)38-24-22-35-20-18-33-16-14-31-13-15-32-17-19-34-21-23-37-27-6-4-5-12-36-27/h7-10,27,29H,2-6,11-24H2,1H3. The van der Waals surface area contributed by atoms with E-state index in [1.165, 1.54) is 0 Å². The molecule has 0 saturated carbocycles. The molecule has 0 spiro atoms. The molecule has 1 unspecified atom stereocenters. The monoisotopic (exact) mass is 541 g/mol. The number of carbonyl (C=O) groups is 1. The molecular formula is C28H47NO9. The molecular weight excluding hydrogens is 494 g/mol. The van der Waals surface area contributed by atoms with E-state index in [4.69, 9.17) is 37.9 Å². The van der Waals surface area contributed by atoms with E-state index in [1.807, 2.05) is 12.1 Å². The van der Waals surface area contributed by atoms with E-state index >= 15 is 0 Å². The summed E-state index contributed by atoms with van der Waals surface area (Å²) < 4.78 is 43.6. The number of esters is 1. The van der Waals surface area contributed by atoms with Crippen LogP contribution in [0.5, 0.6) is 0 Å². The van der Waals surface area contributed by atoms with E-state index in [0.717, 1.165) is 50.9 Å². The van der Waals surface area contributed by atoms with Crippen molar-refractivity contribution >= 4 is 11.7 Å². The van der Waals surface area contributed by atoms with Gasteiger partial charge in [0.25, 0.3) is 0 Å². The molecule has 10 heteroatoms. The summed E-state index contributed by atoms with van der Waals surface area (Å²) in [7, 11) is 0. The summed E-state index contributed by atoms with van der Waals surface area (Å²) in [5.41, 5.74) is 1.53. The summed E-state index contributed by atoms with van der Waals surface area (Å²) in [5.74, 6) is -0.353. The van der Waals surface area contributed by atoms with Gasteiger partial charge < -0.3 is 43.2 Å². The Balaban J connectivity index is 1.26. The molecule has 1 aliphatic rings. The van der Waals surface area contributed by atoms with Crippen LogP contribution in [0.15, 0.2) is 24.3 Å². The van der Waals surface area contributed by atoms with Crippen LogP contribution in [0, 0.1) is 0 Å². The average Bonchev–Trinajstić information content (AvgIpc) is 2.95. The maximum absolute atomic E-state index is 12.1. The topological polar surface area (TPSA) is 103 Å². The number of hydrogen-bond donors (Lipinski definition) is 1. The van der Waals surface area contributed by atoms with Gasteiger partial charge in [-0.2, -0.15) is 0 Å². The van der Waals surface area contributed by atoms with E-state index in [2.05, 4.69) is 12.2 Å². The highest BCUT2D eigenvalue weighted by Crippen LogP contribution is 2.13. The fourth-order valence-electron chi connectivity index (χ4n) is 3.47. The van der Waals surface area contributed by atoms with E-state index in [9.17, 15) is 4.79 Å². The summed E-state index contributed by atoms with van der Waals surface area (Å²) in [4.78, 5) is 12.1. The van der Waals surface area contributed by atoms with E-state index in [1.54, 1.807) is 12.1 Å². The van der Waals surface area contributed by atoms with Crippen molar-refractivity contribution in [2.45, 2.75) is 45.3 Å². The molecule has 0 radical (unpaired) electrons. The lowest BCUT2D eigenvalue weighted by Gasteiger charge is -2.22. The highest BCUT2D eigenvalue weighted by Gasteiger charge is 2.13. The first kappa shape index (κ1) is 32.4. The van der Waals surface area contributed by atoms with Crippen molar-refractivity contribution in [1.82, 2.24) is 0 Å². The molecule has 1 atom stereocenters. The molecule has 0 aliphatic carbocycles. The zero-order valence-electron chi connectivity index (χ0n) is 23.0. The maximum atomic E-state index is 12.1. The largest absolute Gasteiger partial charge is 0.460 e. The smallest absolute Gasteiger partial charge is 0.338 e. The quantitative estimate of drug-likeness (QED) is 0.154. The summed E-state index contributed by atoms with van der Waals surface area (Å²) in [6, 6.07) is 7.30. The van der Waals surface area contributed by atoms with Crippen LogP contribution in [0.4, 0.5) is 5.69 Å². The molecule has 1 aromatic rings. The van der Waals surface area contributed by atoms with Crippen LogP contribution in [0.1, 0.15) is 49.4 Å². The van der Waals surface area contributed by atoms with Gasteiger partial charge in [0.05, 0.1) is 78.2 Å². The lowest BCUT2D eigenvalue weighted by molar-refractivity contribution is -0.169. The van der Waals surface area contributed by atoms with Gasteiger partial charge in [-0.3, -0.25) is 0 Å². The predicted molar refractivity (Wildman–Crippen MR) is 144 cm³/mol. The van der Waals surface area contributed by atoms with Crippen molar-refractivity contribution in [2.75, 3.05) is 97.8 Å². The van der Waals surface area contributed by atoms with Gasteiger partial charge in [-0.15, -0.1) is 0 Å². The zero-order valence-corrected chi connectivity index (χ0v) is 23.0. The first-order chi connectivity index (χ1) is 18.8. The maximum Gasteiger partial charge on any atom is 0.338 e. The van der Waals surface area contributed by atoms with Gasteiger partial charge in [-0.05, 0) is 49.9 Å². The summed E-state index contributed by atoms with van der Waals surface area (Å²) in [6.45, 7) is 9.39. The van der Waals surface area contributed by atoms with Gasteiger partial charge in [-0.25, -0.2) is 4.79 Å². The van der Waals surface area contributed by atoms with Crippen molar-refractivity contribution < 1.29 is 42.7 Å². The normalized spacial score (nSPS) is 15.4. The average molecular weight is 542 g/mol. The fraction of sp³-hybridized carbons (Fsp3) is 0.750. The molecule has 218 valence electrons. The molecule has 1 fully saturated rings. The Kier molecular flexibility index (Phi) is 19.7. The minimum Gasteiger partial charge on any atom is -0.460 e. The number of ether oxygens (including phenoxy) is 8. The van der Waals surface area contributed by atoms with Crippen LogP contribution in [-0.4, -0.2) is 105 Å².